The van der Waals surface area contributed by atoms with Crippen molar-refractivity contribution >= 4 is 77.5 Å². The molecule has 0 aliphatic heterocycles. The number of phenols is 3. The molecule has 0 bridgehead atoms. The number of Topliss-reactive ketones (excluding diaryl/α,β-unsaturated/α-hetero) is 1. The fourth-order valence-electron chi connectivity index (χ4n) is 7.58. The van der Waals surface area contributed by atoms with Crippen LogP contribution in [0.4, 0.5) is 13.2 Å². The van der Waals surface area contributed by atoms with E-state index < -0.39 is 158 Å². The number of aliphatic hydroxyl groups excluding tert-OH is 2. The zero-order chi connectivity index (χ0) is 72.4. The Morgan fingerprint density at radius 3 is 1.13 bits per heavy atom. The van der Waals surface area contributed by atoms with E-state index in [0.29, 0.717) is 27.8 Å². The van der Waals surface area contributed by atoms with Crippen LogP contribution in [0.25, 0.3) is 0 Å². The number of hydrogen-bond acceptors (Lipinski definition) is 20. The Kier molecular flexibility index (Phi) is 33.1. The molecular formula is C61H71F3N6O24S3. The number of aliphatic hydroxyl groups is 2. The number of carboxylic acids is 5. The molecular weight excluding hydrogens is 1350 g/mol. The van der Waals surface area contributed by atoms with Gasteiger partial charge >= 0.3 is 29.8 Å². The lowest BCUT2D eigenvalue weighted by Crippen LogP contribution is -2.45. The van der Waals surface area contributed by atoms with Crippen LogP contribution in [-0.4, -0.2) is 174 Å². The second-order valence-electron chi connectivity index (χ2n) is 20.4. The first-order chi connectivity index (χ1) is 44.8. The maximum atomic E-state index is 12.7. The van der Waals surface area contributed by atoms with E-state index in [1.165, 1.54) is 97.1 Å². The van der Waals surface area contributed by atoms with Crippen LogP contribution in [0.1, 0.15) is 95.9 Å². The minimum absolute atomic E-state index is 0. The molecule has 0 radical (unpaired) electrons. The third kappa shape index (κ3) is 27.4. The Hall–Kier alpha value is -9.92. The summed E-state index contributed by atoms with van der Waals surface area (Å²) in [6.45, 7) is -0.715. The summed E-state index contributed by atoms with van der Waals surface area (Å²) in [5.74, 6) is -9.56. The number of halogens is 3. The van der Waals surface area contributed by atoms with Gasteiger partial charge in [-0.2, -0.15) is 0 Å². The molecule has 0 aromatic heterocycles. The van der Waals surface area contributed by atoms with Gasteiger partial charge in [0.05, 0.1) is 51.7 Å². The highest BCUT2D eigenvalue weighted by molar-refractivity contribution is 7.90. The molecule has 0 heterocycles. The summed E-state index contributed by atoms with van der Waals surface area (Å²) in [6.07, 6.45) is -4.86. The number of aryl methyl sites for hydroxylation is 2. The second-order valence-corrected chi connectivity index (χ2v) is 25.7. The third-order valence-electron chi connectivity index (χ3n) is 13.1. The largest absolute Gasteiger partial charge is 0.508 e. The van der Waals surface area contributed by atoms with Gasteiger partial charge in [0, 0.05) is 36.8 Å². The van der Waals surface area contributed by atoms with E-state index in [9.17, 15) is 97.2 Å². The topological polar surface area (TPSA) is 527 Å². The lowest BCUT2D eigenvalue weighted by atomic mass is 10.1. The van der Waals surface area contributed by atoms with E-state index >= 15 is 0 Å². The number of nitrogens with one attached hydrogen (secondary N) is 5. The molecule has 2 unspecified atom stereocenters. The lowest BCUT2D eigenvalue weighted by Gasteiger charge is -2.20. The molecule has 2 amide bonds. The Morgan fingerprint density at radius 2 is 0.804 bits per heavy atom. The van der Waals surface area contributed by atoms with Crippen molar-refractivity contribution in [2.24, 2.45) is 5.73 Å². The van der Waals surface area contributed by atoms with Gasteiger partial charge in [0.25, 0.3) is 11.8 Å². The van der Waals surface area contributed by atoms with Gasteiger partial charge in [0.15, 0.2) is 5.78 Å². The van der Waals surface area contributed by atoms with Crippen LogP contribution in [0, 0.1) is 13.8 Å². The summed E-state index contributed by atoms with van der Waals surface area (Å²) in [7, 11) is -11.7. The van der Waals surface area contributed by atoms with Gasteiger partial charge in [0.1, 0.15) is 55.0 Å². The number of carbonyl (C=O) groups is 8. The molecule has 6 aromatic rings. The van der Waals surface area contributed by atoms with Crippen molar-refractivity contribution in [2.75, 3.05) is 20.0 Å². The number of phenolic OH excluding ortho intramolecular Hbond substituents is 2. The van der Waals surface area contributed by atoms with E-state index in [2.05, 4.69) is 24.8 Å². The highest BCUT2D eigenvalue weighted by Gasteiger charge is 2.27. The average Bonchev–Trinajstić information content (AvgIpc) is 0.919. The number of rotatable bonds is 30. The lowest BCUT2D eigenvalue weighted by molar-refractivity contribution is -0.139. The first-order valence-corrected chi connectivity index (χ1v) is 32.0. The summed E-state index contributed by atoms with van der Waals surface area (Å²) in [5, 5.41) is 94.6. The number of hydrogen-bond donors (Lipinski definition) is 16. The number of nitrogens with two attached hydrogens (primary N) is 1. The van der Waals surface area contributed by atoms with Crippen LogP contribution in [-0.2, 0) is 68.9 Å². The molecule has 0 aliphatic rings. The normalized spacial score (nSPS) is 12.6. The van der Waals surface area contributed by atoms with Gasteiger partial charge in [-0.15, -0.1) is 0 Å². The standard InChI is InChI=1S/C20H19FN2O9S.C20H23FN2O7S.C15H15NO5S.C5H10FNO3.CH4/c21-9-17(25)15(8-18(26)27)23-19(28)12-3-1-11(2-4-12)10-22-33(31,32)13-5-6-16(24)14(7-13)20(29)30;1-12-8-15(6-7-17(12)24)31(29,30)22-11-13-2-4-14(5-3-13)20(28)23-16(9-19(26)27)18(25)10-21;1-10-8-13(6-7-14(10)17)22(20,21)16-9-11-2-4-12(5-3-11)15(18)19;6-2-4(8)3(7)1-5(9)10;/h1-7,15,22,24H,8-10H2,(H,23,28)(H,26,27)(H,29,30);2-8,16,18,22,24-25H,9-11H2,1H3,(H,23,28)(H,26,27);2-8,16-17H,9H2,1H3,(H,18,19);3-4,8H,1-2,7H2,(H,9,10);1H4/t15-;16-,18?;;3-,4?;/m00.0./s1. The molecule has 17 N–H and O–H groups in total. The zero-order valence-corrected chi connectivity index (χ0v) is 52.9. The molecule has 5 atom stereocenters. The fourth-order valence-corrected chi connectivity index (χ4v) is 10.8. The minimum Gasteiger partial charge on any atom is -0.508 e. The van der Waals surface area contributed by atoms with Crippen molar-refractivity contribution in [3.63, 3.8) is 0 Å². The Morgan fingerprint density at radius 1 is 0.454 bits per heavy atom. The molecule has 97 heavy (non-hydrogen) atoms. The van der Waals surface area contributed by atoms with Crippen LogP contribution in [0.5, 0.6) is 17.2 Å². The number of carbonyl (C=O) groups excluding carboxylic acids is 3. The predicted molar refractivity (Wildman–Crippen MR) is 338 cm³/mol. The van der Waals surface area contributed by atoms with Crippen LogP contribution in [0.2, 0.25) is 0 Å². The number of aliphatic carboxylic acids is 3. The van der Waals surface area contributed by atoms with Gasteiger partial charge in [-0.1, -0.05) is 43.8 Å². The minimum atomic E-state index is -4.13. The molecule has 0 fully saturated rings. The SMILES string of the molecule is C.Cc1cc(S(=O)(=O)NCc2ccc(C(=O)N[C@@H](CC(=O)O)C(O)CF)cc2)ccc1O.Cc1cc(S(=O)(=O)NCc2ccc(C(=O)O)cc2)ccc1O.N[C@@H](CC(=O)O)C(O)CF.O=C(O)C[C@H](NC(=O)c1ccc(CNS(=O)(=O)c2ccc(O)c(C(=O)O)c2)cc1)C(=O)CF. The van der Waals surface area contributed by atoms with Crippen molar-refractivity contribution in [1.29, 1.82) is 0 Å². The number of ketones is 1. The Balaban J connectivity index is 0.000000466. The molecule has 6 rings (SSSR count). The number of aromatic hydroxyl groups is 3. The van der Waals surface area contributed by atoms with Gasteiger partial charge in [-0.3, -0.25) is 28.8 Å². The van der Waals surface area contributed by atoms with Crippen molar-refractivity contribution < 1.29 is 128 Å². The summed E-state index contributed by atoms with van der Waals surface area (Å²) < 4.78 is 118. The Labute approximate surface area is 553 Å². The van der Waals surface area contributed by atoms with Crippen molar-refractivity contribution in [1.82, 2.24) is 24.8 Å². The number of carboxylic acid groups (broad SMARTS) is 5. The van der Waals surface area contributed by atoms with Crippen LogP contribution in [0.3, 0.4) is 0 Å². The van der Waals surface area contributed by atoms with Crippen LogP contribution < -0.4 is 30.5 Å². The second kappa shape index (κ2) is 38.6. The number of alkyl halides is 3. The van der Waals surface area contributed by atoms with Gasteiger partial charge in [-0.25, -0.2) is 62.2 Å². The first kappa shape index (κ1) is 83.2. The first-order valence-electron chi connectivity index (χ1n) is 27.6. The van der Waals surface area contributed by atoms with Crippen molar-refractivity contribution in [2.45, 2.75) is 105 Å². The van der Waals surface area contributed by atoms with E-state index in [1.54, 1.807) is 26.0 Å². The summed E-state index contributed by atoms with van der Waals surface area (Å²) >= 11 is 0. The molecule has 0 saturated heterocycles. The molecule has 30 nitrogen and oxygen atoms in total. The fraction of sp³-hybridized carbons (Fsp3) is 0.279. The third-order valence-corrected chi connectivity index (χ3v) is 17.3. The average molecular weight is 1430 g/mol. The summed E-state index contributed by atoms with van der Waals surface area (Å²) in [6, 6.07) is 23.9. The maximum absolute atomic E-state index is 12.7. The Bertz CT molecular complexity index is 4080. The smallest absolute Gasteiger partial charge is 0.339 e. The molecule has 0 aliphatic carbocycles. The molecule has 528 valence electrons. The van der Waals surface area contributed by atoms with E-state index in [4.69, 9.17) is 36.4 Å². The molecule has 36 heteroatoms. The van der Waals surface area contributed by atoms with Crippen molar-refractivity contribution in [3.8, 4) is 17.2 Å². The van der Waals surface area contributed by atoms with Gasteiger partial charge < -0.3 is 67.4 Å². The van der Waals surface area contributed by atoms with Crippen LogP contribution in [0.15, 0.2) is 142 Å². The van der Waals surface area contributed by atoms with Gasteiger partial charge in [0.2, 0.25) is 30.1 Å². The summed E-state index contributed by atoms with van der Waals surface area (Å²) in [4.78, 5) is 89.0. The van der Waals surface area contributed by atoms with Gasteiger partial charge in [-0.05, 0) is 133 Å². The quantitative estimate of drug-likeness (QED) is 0.0307. The van der Waals surface area contributed by atoms with E-state index in [0.717, 1.165) is 18.2 Å². The number of aromatic carboxylic acids is 2. The zero-order valence-electron chi connectivity index (χ0n) is 50.5. The van der Waals surface area contributed by atoms with Crippen molar-refractivity contribution in [3.05, 3.63) is 177 Å². The van der Waals surface area contributed by atoms with E-state index in [-0.39, 0.29) is 69.9 Å². The number of amides is 2. The maximum Gasteiger partial charge on any atom is 0.339 e. The van der Waals surface area contributed by atoms with Crippen LogP contribution >= 0.6 is 0 Å². The molecule has 6 aromatic carbocycles. The number of sulfonamides is 3. The monoisotopic (exact) mass is 1420 g/mol. The van der Waals surface area contributed by atoms with E-state index in [1.807, 2.05) is 0 Å². The number of benzene rings is 6. The predicted octanol–water partition coefficient (Wildman–Crippen LogP) is 3.40. The highest BCUT2D eigenvalue weighted by Crippen LogP contribution is 2.24. The molecule has 0 spiro atoms. The molecule has 0 saturated carbocycles. The highest BCUT2D eigenvalue weighted by atomic mass is 32.2. The summed E-state index contributed by atoms with van der Waals surface area (Å²) in [5.41, 5.74) is 7.24.